The number of rotatable bonds is 5. The van der Waals surface area contributed by atoms with Gasteiger partial charge in [0.15, 0.2) is 0 Å². The number of benzene rings is 1. The summed E-state index contributed by atoms with van der Waals surface area (Å²) in [5.41, 5.74) is 0.329. The molecule has 0 saturated carbocycles. The fourth-order valence-electron chi connectivity index (χ4n) is 1.31. The van der Waals surface area contributed by atoms with Crippen LogP contribution in [0.5, 0.6) is 0 Å². The lowest BCUT2D eigenvalue weighted by atomic mass is 10.1. The molecule has 1 rings (SSSR count). The van der Waals surface area contributed by atoms with Gasteiger partial charge in [0.2, 0.25) is 0 Å². The minimum atomic E-state index is -0.523. The second kappa shape index (κ2) is 6.11. The van der Waals surface area contributed by atoms with Crippen LogP contribution in [0.25, 0.3) is 0 Å². The Morgan fingerprint density at radius 3 is 2.88 bits per heavy atom. The maximum atomic E-state index is 10.9. The van der Waals surface area contributed by atoms with E-state index in [1.807, 2.05) is 19.2 Å². The molecular weight excluding hydrogens is 238 g/mol. The molecule has 0 fully saturated rings. The molecule has 0 saturated heterocycles. The Labute approximate surface area is 104 Å². The van der Waals surface area contributed by atoms with E-state index in [4.69, 9.17) is 5.26 Å². The van der Waals surface area contributed by atoms with E-state index in [1.165, 1.54) is 6.07 Å². The predicted octanol–water partition coefficient (Wildman–Crippen LogP) is 2.63. The Morgan fingerprint density at radius 2 is 2.35 bits per heavy atom. The van der Waals surface area contributed by atoms with Crippen molar-refractivity contribution in [1.29, 1.82) is 5.26 Å². The minimum absolute atomic E-state index is 0.0804. The van der Waals surface area contributed by atoms with E-state index in [9.17, 15) is 10.1 Å². The Morgan fingerprint density at radius 1 is 1.65 bits per heavy atom. The third kappa shape index (κ3) is 3.36. The van der Waals surface area contributed by atoms with Crippen molar-refractivity contribution in [3.63, 3.8) is 0 Å². The number of nitrogens with one attached hydrogen (secondary N) is 1. The Balaban J connectivity index is 2.99. The van der Waals surface area contributed by atoms with Gasteiger partial charge in [-0.05, 0) is 18.4 Å². The van der Waals surface area contributed by atoms with Crippen LogP contribution in [0.2, 0.25) is 0 Å². The van der Waals surface area contributed by atoms with Crippen LogP contribution in [0.15, 0.2) is 18.2 Å². The summed E-state index contributed by atoms with van der Waals surface area (Å²) in [6.07, 6.45) is 1.98. The molecule has 1 aromatic carbocycles. The lowest BCUT2D eigenvalue weighted by Crippen LogP contribution is -2.13. The summed E-state index contributed by atoms with van der Waals surface area (Å²) in [6.45, 7) is 2.65. The van der Waals surface area contributed by atoms with Gasteiger partial charge in [0.05, 0.1) is 4.92 Å². The maximum absolute atomic E-state index is 10.9. The van der Waals surface area contributed by atoms with Crippen LogP contribution in [0.1, 0.15) is 12.5 Å². The van der Waals surface area contributed by atoms with Crippen LogP contribution >= 0.6 is 11.8 Å². The van der Waals surface area contributed by atoms with Crippen molar-refractivity contribution in [3.05, 3.63) is 33.9 Å². The first kappa shape index (κ1) is 13.3. The van der Waals surface area contributed by atoms with Crippen molar-refractivity contribution < 1.29 is 4.92 Å². The quantitative estimate of drug-likeness (QED) is 0.642. The smallest absolute Gasteiger partial charge is 0.309 e. The zero-order valence-corrected chi connectivity index (χ0v) is 10.5. The summed E-state index contributed by atoms with van der Waals surface area (Å²) in [5, 5.41) is 23.1. The van der Waals surface area contributed by atoms with Gasteiger partial charge >= 0.3 is 5.69 Å². The summed E-state index contributed by atoms with van der Waals surface area (Å²) < 4.78 is 0. The van der Waals surface area contributed by atoms with Gasteiger partial charge in [-0.25, -0.2) is 0 Å². The fraction of sp³-hybridized carbons (Fsp3) is 0.364. The predicted molar refractivity (Wildman–Crippen MR) is 69.3 cm³/mol. The molecule has 0 aliphatic heterocycles. The van der Waals surface area contributed by atoms with Crippen molar-refractivity contribution in [1.82, 2.24) is 0 Å². The van der Waals surface area contributed by atoms with E-state index in [0.717, 1.165) is 0 Å². The van der Waals surface area contributed by atoms with E-state index in [-0.39, 0.29) is 11.3 Å². The van der Waals surface area contributed by atoms with Gasteiger partial charge in [-0.1, -0.05) is 13.0 Å². The number of hydrogen-bond donors (Lipinski definition) is 1. The molecule has 90 valence electrons. The largest absolute Gasteiger partial charge is 0.378 e. The summed E-state index contributed by atoms with van der Waals surface area (Å²) in [5.74, 6) is 0. The molecule has 0 aromatic heterocycles. The van der Waals surface area contributed by atoms with Crippen molar-refractivity contribution in [2.75, 3.05) is 18.1 Å². The number of hydrogen-bond acceptors (Lipinski definition) is 5. The zero-order chi connectivity index (χ0) is 12.8. The molecule has 5 nitrogen and oxygen atoms in total. The van der Waals surface area contributed by atoms with Gasteiger partial charge < -0.3 is 5.32 Å². The molecule has 0 spiro atoms. The average Bonchev–Trinajstić information content (AvgIpc) is 2.34. The molecular formula is C11H13N3O2S. The topological polar surface area (TPSA) is 79.0 Å². The van der Waals surface area contributed by atoms with Crippen molar-refractivity contribution >= 4 is 23.1 Å². The minimum Gasteiger partial charge on any atom is -0.378 e. The summed E-state index contributed by atoms with van der Waals surface area (Å²) in [6, 6.07) is 6.53. The van der Waals surface area contributed by atoms with Gasteiger partial charge in [-0.15, -0.1) is 0 Å². The number of thioether (sulfide) groups is 1. The number of nitriles is 1. The SMILES string of the molecule is CSC(C)CNc1cccc(C#N)c1[N+](=O)[O-]. The highest BCUT2D eigenvalue weighted by Gasteiger charge is 2.19. The van der Waals surface area contributed by atoms with Crippen LogP contribution in [0.3, 0.4) is 0 Å². The van der Waals surface area contributed by atoms with Crippen LogP contribution in [-0.2, 0) is 0 Å². The third-order valence-corrected chi connectivity index (χ3v) is 3.29. The lowest BCUT2D eigenvalue weighted by molar-refractivity contribution is -0.384. The van der Waals surface area contributed by atoms with E-state index in [0.29, 0.717) is 17.5 Å². The highest BCUT2D eigenvalue weighted by molar-refractivity contribution is 7.99. The molecule has 1 N–H and O–H groups in total. The van der Waals surface area contributed by atoms with Crippen molar-refractivity contribution in [3.8, 4) is 6.07 Å². The van der Waals surface area contributed by atoms with Crippen molar-refractivity contribution in [2.24, 2.45) is 0 Å². The standard InChI is InChI=1S/C11H13N3O2S/c1-8(17-2)7-13-10-5-3-4-9(6-12)11(10)14(15)16/h3-5,8,13H,7H2,1-2H3. The molecule has 0 aliphatic rings. The highest BCUT2D eigenvalue weighted by Crippen LogP contribution is 2.28. The van der Waals surface area contributed by atoms with Gasteiger partial charge in [0.1, 0.15) is 17.3 Å². The average molecular weight is 251 g/mol. The van der Waals surface area contributed by atoms with E-state index >= 15 is 0 Å². The number of para-hydroxylation sites is 1. The molecule has 1 aromatic rings. The van der Waals surface area contributed by atoms with Gasteiger partial charge in [0, 0.05) is 11.8 Å². The zero-order valence-electron chi connectivity index (χ0n) is 9.64. The first-order valence-electron chi connectivity index (χ1n) is 5.04. The molecule has 6 heteroatoms. The van der Waals surface area contributed by atoms with Gasteiger partial charge in [0.25, 0.3) is 0 Å². The molecule has 1 unspecified atom stereocenters. The molecule has 0 radical (unpaired) electrons. The number of anilines is 1. The summed E-state index contributed by atoms with van der Waals surface area (Å²) in [4.78, 5) is 10.4. The highest BCUT2D eigenvalue weighted by atomic mass is 32.2. The van der Waals surface area contributed by atoms with Crippen LogP contribution < -0.4 is 5.32 Å². The number of nitrogens with zero attached hydrogens (tertiary/aromatic N) is 2. The monoisotopic (exact) mass is 251 g/mol. The number of nitro benzene ring substituents is 1. The van der Waals surface area contributed by atoms with Gasteiger partial charge in [-0.2, -0.15) is 17.0 Å². The summed E-state index contributed by atoms with van der Waals surface area (Å²) >= 11 is 1.67. The molecule has 0 heterocycles. The van der Waals surface area contributed by atoms with Crippen molar-refractivity contribution in [2.45, 2.75) is 12.2 Å². The number of nitro groups is 1. The first-order valence-corrected chi connectivity index (χ1v) is 6.33. The lowest BCUT2D eigenvalue weighted by Gasteiger charge is -2.11. The van der Waals surface area contributed by atoms with E-state index in [2.05, 4.69) is 5.32 Å². The Hall–Kier alpha value is -1.74. The maximum Gasteiger partial charge on any atom is 0.309 e. The van der Waals surface area contributed by atoms with Crippen LogP contribution in [0, 0.1) is 21.4 Å². The molecule has 0 bridgehead atoms. The normalized spacial score (nSPS) is 11.6. The molecule has 0 amide bonds. The summed E-state index contributed by atoms with van der Waals surface area (Å²) in [7, 11) is 0. The van der Waals surface area contributed by atoms with Crippen LogP contribution in [0.4, 0.5) is 11.4 Å². The van der Waals surface area contributed by atoms with E-state index < -0.39 is 4.92 Å². The van der Waals surface area contributed by atoms with E-state index in [1.54, 1.807) is 23.9 Å². The van der Waals surface area contributed by atoms with Crippen LogP contribution in [-0.4, -0.2) is 23.0 Å². The second-order valence-electron chi connectivity index (χ2n) is 3.50. The molecule has 1 atom stereocenters. The Kier molecular flexibility index (Phi) is 4.79. The molecule has 17 heavy (non-hydrogen) atoms. The van der Waals surface area contributed by atoms with Gasteiger partial charge in [-0.3, -0.25) is 10.1 Å². The fourth-order valence-corrected chi connectivity index (χ4v) is 1.56. The second-order valence-corrected chi connectivity index (χ2v) is 4.77. The Bertz CT molecular complexity index is 457. The first-order chi connectivity index (χ1) is 8.10. The molecule has 0 aliphatic carbocycles. The third-order valence-electron chi connectivity index (χ3n) is 2.32.